The van der Waals surface area contributed by atoms with Crippen LogP contribution < -0.4 is 0 Å². The van der Waals surface area contributed by atoms with E-state index in [2.05, 4.69) is 117 Å². The van der Waals surface area contributed by atoms with Crippen molar-refractivity contribution in [1.29, 1.82) is 0 Å². The van der Waals surface area contributed by atoms with Crippen molar-refractivity contribution in [2.75, 3.05) is 0 Å². The van der Waals surface area contributed by atoms with E-state index in [-0.39, 0.29) is 23.0 Å². The molecule has 17 heteroatoms. The molecule has 12 rings (SSSR count). The highest BCUT2D eigenvalue weighted by atomic mass is 79.9. The second-order valence-electron chi connectivity index (χ2n) is 16.2. The molecular formula is C53H37Br4ClN8O4. The predicted molar refractivity (Wildman–Crippen MR) is 294 cm³/mol. The second-order valence-corrected chi connectivity index (χ2v) is 20.1. The first kappa shape index (κ1) is 48.6. The van der Waals surface area contributed by atoms with Gasteiger partial charge in [-0.3, -0.25) is 0 Å². The molecule has 4 heterocycles. The van der Waals surface area contributed by atoms with Crippen molar-refractivity contribution in [2.24, 2.45) is 0 Å². The van der Waals surface area contributed by atoms with Crippen LogP contribution in [0.25, 0.3) is 88.3 Å². The minimum atomic E-state index is 0.118. The van der Waals surface area contributed by atoms with Gasteiger partial charge in [0.25, 0.3) is 0 Å². The minimum absolute atomic E-state index is 0.118. The normalized spacial score (nSPS) is 11.2. The van der Waals surface area contributed by atoms with Crippen molar-refractivity contribution < 1.29 is 20.4 Å². The summed E-state index contributed by atoms with van der Waals surface area (Å²) in [6.07, 6.45) is 0.969. The average molecular weight is 1200 g/mol. The molecule has 4 aromatic heterocycles. The highest BCUT2D eigenvalue weighted by Crippen LogP contribution is 2.34. The summed E-state index contributed by atoms with van der Waals surface area (Å²) >= 11 is 19.6. The molecule has 12 aromatic rings. The van der Waals surface area contributed by atoms with Gasteiger partial charge in [-0.15, -0.1) is 0 Å². The molecule has 0 aliphatic rings. The zero-order chi connectivity index (χ0) is 49.5. The quantitative estimate of drug-likeness (QED) is 0.114. The third-order valence-electron chi connectivity index (χ3n) is 11.1. The fourth-order valence-electron chi connectivity index (χ4n) is 7.64. The molecule has 0 unspecified atom stereocenters. The maximum Gasteiger partial charge on any atom is 0.143 e. The zero-order valence-electron chi connectivity index (χ0n) is 37.4. The van der Waals surface area contributed by atoms with E-state index in [1.54, 1.807) is 66.7 Å². The number of phenols is 4. The number of aromatic hydroxyl groups is 4. The molecule has 0 fully saturated rings. The molecule has 12 nitrogen and oxygen atoms in total. The minimum Gasteiger partial charge on any atom is -0.506 e. The van der Waals surface area contributed by atoms with E-state index < -0.39 is 0 Å². The van der Waals surface area contributed by atoms with Gasteiger partial charge in [0.05, 0.1) is 44.1 Å². The summed E-state index contributed by atoms with van der Waals surface area (Å²) in [5.41, 5.74) is 15.7. The Hall–Kier alpha value is -6.43. The number of aromatic nitrogens is 8. The average Bonchev–Trinajstić information content (AvgIpc) is 3.35. The van der Waals surface area contributed by atoms with Gasteiger partial charge >= 0.3 is 0 Å². The molecule has 0 amide bonds. The Bertz CT molecular complexity index is 3950. The van der Waals surface area contributed by atoms with Crippen molar-refractivity contribution in [2.45, 2.75) is 34.1 Å². The predicted octanol–water partition coefficient (Wildman–Crippen LogP) is 15.1. The molecule has 0 spiro atoms. The van der Waals surface area contributed by atoms with Crippen LogP contribution in [0.5, 0.6) is 23.0 Å². The van der Waals surface area contributed by atoms with Crippen LogP contribution in [0.3, 0.4) is 0 Å². The van der Waals surface area contributed by atoms with E-state index in [1.165, 1.54) is 5.56 Å². The van der Waals surface area contributed by atoms with Crippen LogP contribution >= 0.6 is 75.3 Å². The van der Waals surface area contributed by atoms with Crippen molar-refractivity contribution in [3.8, 4) is 23.0 Å². The fourth-order valence-corrected chi connectivity index (χ4v) is 9.44. The zero-order valence-corrected chi connectivity index (χ0v) is 44.5. The van der Waals surface area contributed by atoms with E-state index in [0.717, 1.165) is 74.1 Å². The molecule has 4 N–H and O–H groups in total. The van der Waals surface area contributed by atoms with Gasteiger partial charge < -0.3 is 20.4 Å². The molecule has 0 atom stereocenters. The number of nitrogens with zero attached hydrogens (tertiary/aromatic N) is 8. The Morgan fingerprint density at radius 3 is 1.20 bits per heavy atom. The van der Waals surface area contributed by atoms with Crippen LogP contribution in [0.1, 0.15) is 29.2 Å². The summed E-state index contributed by atoms with van der Waals surface area (Å²) in [6.45, 7) is 8.17. The van der Waals surface area contributed by atoms with Crippen molar-refractivity contribution >= 4 is 164 Å². The first-order valence-electron chi connectivity index (χ1n) is 21.5. The van der Waals surface area contributed by atoms with Gasteiger partial charge in [0, 0.05) is 22.9 Å². The summed E-state index contributed by atoms with van der Waals surface area (Å²) in [5.74, 6) is 0.578. The number of hydrogen-bond donors (Lipinski definition) is 4. The maximum atomic E-state index is 9.87. The molecule has 70 heavy (non-hydrogen) atoms. The highest BCUT2D eigenvalue weighted by molar-refractivity contribution is 9.11. The van der Waals surface area contributed by atoms with E-state index in [9.17, 15) is 20.4 Å². The van der Waals surface area contributed by atoms with Crippen molar-refractivity contribution in [3.05, 3.63) is 160 Å². The number of hydrogen-bond acceptors (Lipinski definition) is 12. The first-order valence-corrected chi connectivity index (χ1v) is 25.0. The monoisotopic (exact) mass is 1200 g/mol. The summed E-state index contributed by atoms with van der Waals surface area (Å²) in [5, 5.41) is 39.9. The Morgan fingerprint density at radius 1 is 0.357 bits per heavy atom. The van der Waals surface area contributed by atoms with Gasteiger partial charge in [-0.1, -0.05) is 36.7 Å². The Balaban J connectivity index is 0.000000116. The summed E-state index contributed by atoms with van der Waals surface area (Å²) in [6, 6.07) is 34.8. The Labute approximate surface area is 438 Å². The molecule has 0 saturated carbocycles. The largest absolute Gasteiger partial charge is 0.506 e. The SMILES string of the molecule is CCc1ccc2nc3c(O)ccc(Br)c3nc2c1.Cc1cc(C)c2nc3c(Br)ccc(O)c3nc2c1.Cc1ccc2nc3c(O)ccc(Br)c3nc2c1.Oc1ccc(Br)c2nc3cc(Cl)ccc3nc12. The second kappa shape index (κ2) is 20.1. The van der Waals surface area contributed by atoms with Crippen LogP contribution in [0, 0.1) is 20.8 Å². The number of benzene rings is 8. The van der Waals surface area contributed by atoms with Gasteiger partial charge in [-0.05, 0) is 210 Å². The van der Waals surface area contributed by atoms with E-state index in [4.69, 9.17) is 11.6 Å². The standard InChI is InChI=1S/2C14H11BrN2O.C13H9BrN2O.C12H6BrClN2O/c1-7-5-8(2)12-10(6-7)16-14-11(18)4-3-9(15)13(14)17-12;1-2-8-3-5-10-11(7-8)17-13-9(15)4-6-12(18)14(13)16-10;1-7-2-4-9-10(6-7)16-12-8(14)3-5-11(17)13(12)15-9;13-7-2-4-10(17)12-11(7)16-9-5-6(14)1-3-8(9)15-12/h3-6,18H,1-2H3;3-7,18H,2H2,1H3;2-6,17H,1H3;1-5,17H. The lowest BCUT2D eigenvalue weighted by atomic mass is 10.1. The van der Waals surface area contributed by atoms with E-state index >= 15 is 0 Å². The molecule has 348 valence electrons. The number of fused-ring (bicyclic) bond motifs is 8. The van der Waals surface area contributed by atoms with Crippen LogP contribution in [0.2, 0.25) is 5.02 Å². The number of halogens is 5. The molecule has 0 aliphatic heterocycles. The van der Waals surface area contributed by atoms with Gasteiger partial charge in [0.1, 0.15) is 67.1 Å². The summed E-state index contributed by atoms with van der Waals surface area (Å²) < 4.78 is 3.30. The molecule has 0 radical (unpaired) electrons. The lowest BCUT2D eigenvalue weighted by Crippen LogP contribution is -1.92. The van der Waals surface area contributed by atoms with Crippen LogP contribution in [0.4, 0.5) is 0 Å². The number of phenolic OH excluding ortho intramolecular Hbond substituents is 4. The third kappa shape index (κ3) is 9.96. The Kier molecular flexibility index (Phi) is 14.0. The van der Waals surface area contributed by atoms with Crippen molar-refractivity contribution in [3.63, 3.8) is 0 Å². The molecule has 0 bridgehead atoms. The molecule has 0 aliphatic carbocycles. The van der Waals surface area contributed by atoms with Gasteiger partial charge in [-0.25, -0.2) is 39.9 Å². The van der Waals surface area contributed by atoms with Gasteiger partial charge in [0.2, 0.25) is 0 Å². The molecule has 8 aromatic carbocycles. The fraction of sp³-hybridized carbons (Fsp3) is 0.0943. The first-order chi connectivity index (χ1) is 33.5. The topological polar surface area (TPSA) is 184 Å². The van der Waals surface area contributed by atoms with Gasteiger partial charge in [0.15, 0.2) is 0 Å². The molecular weight excluding hydrogens is 1170 g/mol. The Morgan fingerprint density at radius 2 is 0.729 bits per heavy atom. The summed E-state index contributed by atoms with van der Waals surface area (Å²) in [7, 11) is 0. The lowest BCUT2D eigenvalue weighted by molar-refractivity contribution is 0.480. The van der Waals surface area contributed by atoms with Crippen LogP contribution in [0.15, 0.2) is 133 Å². The van der Waals surface area contributed by atoms with Crippen LogP contribution in [-0.2, 0) is 6.42 Å². The smallest absolute Gasteiger partial charge is 0.143 e. The number of rotatable bonds is 1. The maximum absolute atomic E-state index is 9.87. The van der Waals surface area contributed by atoms with Crippen molar-refractivity contribution in [1.82, 2.24) is 39.9 Å². The van der Waals surface area contributed by atoms with Gasteiger partial charge in [-0.2, -0.15) is 0 Å². The van der Waals surface area contributed by atoms with E-state index in [1.807, 2.05) is 63.2 Å². The molecule has 0 saturated heterocycles. The van der Waals surface area contributed by atoms with E-state index in [0.29, 0.717) is 60.2 Å². The number of aryl methyl sites for hydroxylation is 4. The lowest BCUT2D eigenvalue weighted by Gasteiger charge is -2.07. The highest BCUT2D eigenvalue weighted by Gasteiger charge is 2.13. The third-order valence-corrected chi connectivity index (χ3v) is 13.9. The van der Waals surface area contributed by atoms with Crippen LogP contribution in [-0.4, -0.2) is 60.3 Å². The summed E-state index contributed by atoms with van der Waals surface area (Å²) in [4.78, 5) is 36.0.